The molecule has 0 amide bonds. The topological polar surface area (TPSA) is 63.6 Å². The number of carboxylic acids is 1. The molecule has 13 heavy (non-hydrogen) atoms. The molecule has 0 bridgehead atoms. The van der Waals surface area contributed by atoms with E-state index >= 15 is 0 Å². The van der Waals surface area contributed by atoms with E-state index in [1.54, 1.807) is 6.92 Å². The number of esters is 1. The maximum absolute atomic E-state index is 11.0. The highest BCUT2D eigenvalue weighted by molar-refractivity contribution is 5.86. The predicted octanol–water partition coefficient (Wildman–Crippen LogP) is 0.274. The van der Waals surface area contributed by atoms with Crippen LogP contribution >= 0.6 is 0 Å². The van der Waals surface area contributed by atoms with E-state index in [0.29, 0.717) is 6.42 Å². The highest BCUT2D eigenvalue weighted by Crippen LogP contribution is 2.39. The molecule has 1 N–H and O–H groups in total. The van der Waals surface area contributed by atoms with Crippen LogP contribution in [0.1, 0.15) is 13.3 Å². The van der Waals surface area contributed by atoms with Gasteiger partial charge < -0.3 is 9.84 Å². The Morgan fingerprint density at radius 2 is 2.23 bits per heavy atom. The summed E-state index contributed by atoms with van der Waals surface area (Å²) in [4.78, 5) is 21.4. The summed E-state index contributed by atoms with van der Waals surface area (Å²) < 4.78 is 4.71. The average molecular weight is 182 g/mol. The maximum atomic E-state index is 11.0. The van der Waals surface area contributed by atoms with Crippen molar-refractivity contribution in [3.8, 4) is 11.8 Å². The Balaban J connectivity index is 2.26. The van der Waals surface area contributed by atoms with Gasteiger partial charge in [0, 0.05) is 0 Å². The molecule has 0 heterocycles. The van der Waals surface area contributed by atoms with Crippen molar-refractivity contribution in [2.45, 2.75) is 13.3 Å². The minimum Gasteiger partial charge on any atom is -0.481 e. The van der Waals surface area contributed by atoms with E-state index in [1.165, 1.54) is 0 Å². The maximum Gasteiger partial charge on any atom is 0.310 e. The number of carbonyl (C=O) groups excluding carboxylic acids is 1. The van der Waals surface area contributed by atoms with Crippen LogP contribution in [0.5, 0.6) is 0 Å². The monoisotopic (exact) mass is 182 g/mol. The average Bonchev–Trinajstić information content (AvgIpc) is 2.83. The van der Waals surface area contributed by atoms with Gasteiger partial charge in [-0.1, -0.05) is 5.92 Å². The molecule has 4 nitrogen and oxygen atoms in total. The van der Waals surface area contributed by atoms with Crippen LogP contribution in [0.25, 0.3) is 0 Å². The Morgan fingerprint density at radius 1 is 1.54 bits per heavy atom. The molecule has 0 aromatic heterocycles. The van der Waals surface area contributed by atoms with Gasteiger partial charge in [-0.2, -0.15) is 0 Å². The molecule has 1 saturated carbocycles. The molecule has 2 atom stereocenters. The van der Waals surface area contributed by atoms with Gasteiger partial charge in [-0.05, 0) is 13.3 Å². The lowest BCUT2D eigenvalue weighted by Crippen LogP contribution is -2.11. The Bertz CT molecular complexity index is 284. The molecule has 0 aromatic rings. The van der Waals surface area contributed by atoms with Crippen LogP contribution < -0.4 is 0 Å². The zero-order valence-electron chi connectivity index (χ0n) is 7.24. The fourth-order valence-electron chi connectivity index (χ4n) is 1.01. The number of carbonyl (C=O) groups is 2. The van der Waals surface area contributed by atoms with Crippen molar-refractivity contribution in [2.75, 3.05) is 6.61 Å². The van der Waals surface area contributed by atoms with Crippen molar-refractivity contribution >= 4 is 11.9 Å². The molecule has 0 radical (unpaired) electrons. The third kappa shape index (κ3) is 2.48. The van der Waals surface area contributed by atoms with E-state index in [4.69, 9.17) is 9.84 Å². The number of rotatable bonds is 3. The van der Waals surface area contributed by atoms with Crippen LogP contribution in [-0.2, 0) is 14.3 Å². The van der Waals surface area contributed by atoms with Crippen molar-refractivity contribution in [3.63, 3.8) is 0 Å². The summed E-state index contributed by atoms with van der Waals surface area (Å²) in [5.74, 6) is 2.77. The van der Waals surface area contributed by atoms with Gasteiger partial charge >= 0.3 is 11.9 Å². The van der Waals surface area contributed by atoms with Crippen molar-refractivity contribution < 1.29 is 19.4 Å². The first-order valence-corrected chi connectivity index (χ1v) is 3.96. The molecule has 1 aliphatic rings. The lowest BCUT2D eigenvalue weighted by atomic mass is 10.3. The minimum atomic E-state index is -0.927. The number of carboxylic acid groups (broad SMARTS) is 1. The molecule has 0 aliphatic heterocycles. The molecule has 0 saturated heterocycles. The highest BCUT2D eigenvalue weighted by Gasteiger charge is 2.49. The van der Waals surface area contributed by atoms with Gasteiger partial charge in [0.25, 0.3) is 0 Å². The zero-order chi connectivity index (χ0) is 9.84. The Morgan fingerprint density at radius 3 is 2.69 bits per heavy atom. The fourth-order valence-corrected chi connectivity index (χ4v) is 1.01. The number of aliphatic carboxylic acids is 1. The zero-order valence-corrected chi connectivity index (χ0v) is 7.24. The van der Waals surface area contributed by atoms with Crippen molar-refractivity contribution in [1.29, 1.82) is 0 Å². The van der Waals surface area contributed by atoms with Crippen molar-refractivity contribution in [3.05, 3.63) is 0 Å². The molecule has 0 spiro atoms. The lowest BCUT2D eigenvalue weighted by molar-refractivity contribution is -0.147. The van der Waals surface area contributed by atoms with E-state index in [2.05, 4.69) is 11.8 Å². The van der Waals surface area contributed by atoms with Crippen LogP contribution in [0.2, 0.25) is 0 Å². The molecule has 4 heteroatoms. The molecular weight excluding hydrogens is 172 g/mol. The first-order valence-electron chi connectivity index (χ1n) is 3.96. The normalized spacial score (nSPS) is 24.1. The quantitative estimate of drug-likeness (QED) is 0.502. The van der Waals surface area contributed by atoms with E-state index in [9.17, 15) is 9.59 Å². The second kappa shape index (κ2) is 3.94. The van der Waals surface area contributed by atoms with Crippen molar-refractivity contribution in [1.82, 2.24) is 0 Å². The summed E-state index contributed by atoms with van der Waals surface area (Å²) in [6.45, 7) is 1.70. The van der Waals surface area contributed by atoms with Crippen LogP contribution in [0, 0.1) is 23.7 Å². The van der Waals surface area contributed by atoms with Gasteiger partial charge in [-0.15, -0.1) is 5.92 Å². The van der Waals surface area contributed by atoms with E-state index in [1.807, 2.05) is 0 Å². The summed E-state index contributed by atoms with van der Waals surface area (Å²) in [7, 11) is 0. The largest absolute Gasteiger partial charge is 0.481 e. The summed E-state index contributed by atoms with van der Waals surface area (Å²) in [6.07, 6.45) is 0.397. The third-order valence-corrected chi connectivity index (χ3v) is 1.87. The van der Waals surface area contributed by atoms with Crippen molar-refractivity contribution in [2.24, 2.45) is 11.8 Å². The van der Waals surface area contributed by atoms with Crippen LogP contribution in [-0.4, -0.2) is 23.7 Å². The van der Waals surface area contributed by atoms with Gasteiger partial charge in [-0.25, -0.2) is 0 Å². The van der Waals surface area contributed by atoms with Gasteiger partial charge in [0.2, 0.25) is 0 Å². The number of hydrogen-bond acceptors (Lipinski definition) is 3. The highest BCUT2D eigenvalue weighted by atomic mass is 16.5. The Hall–Kier alpha value is -1.50. The van der Waals surface area contributed by atoms with Gasteiger partial charge in [0.1, 0.15) is 0 Å². The molecule has 0 unspecified atom stereocenters. The van der Waals surface area contributed by atoms with Crippen LogP contribution in [0.3, 0.4) is 0 Å². The lowest BCUT2D eigenvalue weighted by Gasteiger charge is -1.97. The fraction of sp³-hybridized carbons (Fsp3) is 0.556. The molecular formula is C9H10O4. The van der Waals surface area contributed by atoms with Crippen LogP contribution in [0.15, 0.2) is 0 Å². The summed E-state index contributed by atoms with van der Waals surface area (Å²) in [6, 6.07) is 0. The van der Waals surface area contributed by atoms with Gasteiger partial charge in [0.15, 0.2) is 6.61 Å². The molecule has 1 fully saturated rings. The second-order valence-corrected chi connectivity index (χ2v) is 2.82. The number of hydrogen-bond donors (Lipinski definition) is 1. The summed E-state index contributed by atoms with van der Waals surface area (Å²) in [5.41, 5.74) is 0. The van der Waals surface area contributed by atoms with E-state index < -0.39 is 23.8 Å². The van der Waals surface area contributed by atoms with Gasteiger partial charge in [0.05, 0.1) is 11.8 Å². The molecule has 70 valence electrons. The summed E-state index contributed by atoms with van der Waals surface area (Å²) in [5, 5.41) is 8.51. The standard InChI is InChI=1S/C9H10O4/c1-2-3-4-13-9(12)7-5-6(7)8(10)11/h6-7H,4-5H2,1H3,(H,10,11)/t6-,7-/m1/s1. The number of ether oxygens (including phenoxy) is 1. The SMILES string of the molecule is CC#CCOC(=O)[C@@H]1C[C@H]1C(=O)O. The Kier molecular flexibility index (Phi) is 2.91. The van der Waals surface area contributed by atoms with Crippen LogP contribution in [0.4, 0.5) is 0 Å². The van der Waals surface area contributed by atoms with E-state index in [0.717, 1.165) is 0 Å². The molecule has 1 rings (SSSR count). The third-order valence-electron chi connectivity index (χ3n) is 1.87. The first-order chi connectivity index (χ1) is 6.16. The Labute approximate surface area is 75.9 Å². The molecule has 1 aliphatic carbocycles. The summed E-state index contributed by atoms with van der Waals surface area (Å²) >= 11 is 0. The smallest absolute Gasteiger partial charge is 0.310 e. The van der Waals surface area contributed by atoms with E-state index in [-0.39, 0.29) is 6.61 Å². The second-order valence-electron chi connectivity index (χ2n) is 2.82. The van der Waals surface area contributed by atoms with Gasteiger partial charge in [-0.3, -0.25) is 9.59 Å². The molecule has 0 aromatic carbocycles. The minimum absolute atomic E-state index is 0.0537. The predicted molar refractivity (Wildman–Crippen MR) is 43.6 cm³/mol. The first kappa shape index (κ1) is 9.59.